The molecule has 2 heterocycles. The third kappa shape index (κ3) is 5.37. The van der Waals surface area contributed by atoms with Crippen LogP contribution in [0.4, 0.5) is 5.82 Å². The molecule has 2 atom stereocenters. The topological polar surface area (TPSA) is 129 Å². The van der Waals surface area contributed by atoms with Crippen LogP contribution in [0, 0.1) is 5.92 Å². The first kappa shape index (κ1) is 24.1. The Bertz CT molecular complexity index is 1040. The molecule has 0 spiro atoms. The average Bonchev–Trinajstić information content (AvgIpc) is 3.33. The highest BCUT2D eigenvalue weighted by atomic mass is 16.4. The zero-order chi connectivity index (χ0) is 24.1. The standard InChI is InChI=1S/C25H33N5O4/c26-24-20-13-17(8-9-18(20)10-11-27-24)14-28-25(34)21-7-4-12-29(21)30(15-23(32)33)22(16-31)19-5-2-1-3-6-19/h8-11,13,16,19,21-22H,1-7,12,14-15H2,(H2,26,27)(H,28,34)(H,32,33)/t21-,22-/m0/s1. The monoisotopic (exact) mass is 467 g/mol. The number of aldehydes is 1. The van der Waals surface area contributed by atoms with Crippen LogP contribution in [0.5, 0.6) is 0 Å². The second kappa shape index (κ2) is 10.9. The van der Waals surface area contributed by atoms with Crippen molar-refractivity contribution in [3.05, 3.63) is 36.0 Å². The van der Waals surface area contributed by atoms with E-state index in [4.69, 9.17) is 5.73 Å². The van der Waals surface area contributed by atoms with Gasteiger partial charge in [-0.05, 0) is 54.7 Å². The number of nitrogen functional groups attached to an aromatic ring is 1. The largest absolute Gasteiger partial charge is 0.480 e. The van der Waals surface area contributed by atoms with E-state index < -0.39 is 18.1 Å². The van der Waals surface area contributed by atoms with Gasteiger partial charge in [0.1, 0.15) is 24.7 Å². The SMILES string of the molecule is Nc1nccc2ccc(CNC(=O)[C@@H]3CCCN3N(CC(=O)O)[C@@H](C=O)C3CCCCC3)cc12. The van der Waals surface area contributed by atoms with Crippen LogP contribution in [0.15, 0.2) is 30.5 Å². The van der Waals surface area contributed by atoms with Crippen LogP contribution in [0.3, 0.4) is 0 Å². The molecule has 34 heavy (non-hydrogen) atoms. The van der Waals surface area contributed by atoms with Crippen molar-refractivity contribution in [1.29, 1.82) is 0 Å². The summed E-state index contributed by atoms with van der Waals surface area (Å²) >= 11 is 0. The molecule has 4 rings (SSSR count). The van der Waals surface area contributed by atoms with E-state index in [9.17, 15) is 19.5 Å². The van der Waals surface area contributed by atoms with Gasteiger partial charge in [0.2, 0.25) is 5.91 Å². The van der Waals surface area contributed by atoms with Crippen molar-refractivity contribution in [2.45, 2.75) is 63.6 Å². The number of aromatic nitrogens is 1. The fraction of sp³-hybridized carbons (Fsp3) is 0.520. The molecular weight excluding hydrogens is 434 g/mol. The zero-order valence-electron chi connectivity index (χ0n) is 19.4. The van der Waals surface area contributed by atoms with E-state index in [1.807, 2.05) is 29.3 Å². The summed E-state index contributed by atoms with van der Waals surface area (Å²) in [7, 11) is 0. The van der Waals surface area contributed by atoms with Gasteiger partial charge in [-0.1, -0.05) is 31.4 Å². The molecule has 0 bridgehead atoms. The number of hydrogen-bond donors (Lipinski definition) is 3. The Hall–Kier alpha value is -3.04. The van der Waals surface area contributed by atoms with Crippen LogP contribution in [-0.4, -0.2) is 63.4 Å². The minimum atomic E-state index is -1.00. The van der Waals surface area contributed by atoms with Crippen LogP contribution in [0.2, 0.25) is 0 Å². The van der Waals surface area contributed by atoms with Crippen molar-refractivity contribution in [3.8, 4) is 0 Å². The molecule has 0 unspecified atom stereocenters. The number of hydrogen-bond acceptors (Lipinski definition) is 7. The summed E-state index contributed by atoms with van der Waals surface area (Å²) in [5.74, 6) is -0.609. The normalized spacial score (nSPS) is 20.4. The first-order valence-electron chi connectivity index (χ1n) is 12.1. The molecule has 1 saturated carbocycles. The molecule has 1 amide bonds. The number of hydrazine groups is 1. The second-order valence-electron chi connectivity index (χ2n) is 9.31. The number of rotatable bonds is 9. The second-order valence-corrected chi connectivity index (χ2v) is 9.31. The molecular formula is C25H33N5O4. The number of anilines is 1. The number of nitrogens with two attached hydrogens (primary N) is 1. The Morgan fingerprint density at radius 2 is 2.00 bits per heavy atom. The Morgan fingerprint density at radius 1 is 1.21 bits per heavy atom. The van der Waals surface area contributed by atoms with Gasteiger partial charge in [-0.2, -0.15) is 0 Å². The number of fused-ring (bicyclic) bond motifs is 1. The smallest absolute Gasteiger partial charge is 0.319 e. The molecule has 1 aromatic carbocycles. The lowest BCUT2D eigenvalue weighted by Gasteiger charge is -2.41. The van der Waals surface area contributed by atoms with Gasteiger partial charge in [0.05, 0.1) is 6.04 Å². The van der Waals surface area contributed by atoms with Gasteiger partial charge in [0.15, 0.2) is 0 Å². The number of carbonyl (C=O) groups excluding carboxylic acids is 2. The van der Waals surface area contributed by atoms with Gasteiger partial charge in [-0.3, -0.25) is 9.59 Å². The number of aliphatic carboxylic acids is 1. The first-order chi connectivity index (χ1) is 16.5. The zero-order valence-corrected chi connectivity index (χ0v) is 19.4. The van der Waals surface area contributed by atoms with E-state index >= 15 is 0 Å². The Balaban J connectivity index is 1.47. The summed E-state index contributed by atoms with van der Waals surface area (Å²) in [4.78, 5) is 41.1. The summed E-state index contributed by atoms with van der Waals surface area (Å²) in [6, 6.07) is 6.67. The van der Waals surface area contributed by atoms with Gasteiger partial charge in [-0.15, -0.1) is 0 Å². The minimum Gasteiger partial charge on any atom is -0.480 e. The fourth-order valence-corrected chi connectivity index (χ4v) is 5.39. The maximum atomic E-state index is 13.2. The Morgan fingerprint density at radius 3 is 2.74 bits per heavy atom. The maximum Gasteiger partial charge on any atom is 0.319 e. The van der Waals surface area contributed by atoms with Crippen molar-refractivity contribution < 1.29 is 19.5 Å². The summed E-state index contributed by atoms with van der Waals surface area (Å²) in [5, 5.41) is 17.9. The van der Waals surface area contributed by atoms with E-state index in [0.717, 1.165) is 61.1 Å². The van der Waals surface area contributed by atoms with Crippen molar-refractivity contribution >= 4 is 34.8 Å². The molecule has 182 valence electrons. The van der Waals surface area contributed by atoms with Gasteiger partial charge in [-0.25, -0.2) is 15.0 Å². The molecule has 1 aromatic heterocycles. The molecule has 1 aliphatic carbocycles. The van der Waals surface area contributed by atoms with E-state index in [-0.39, 0.29) is 18.4 Å². The predicted octanol–water partition coefficient (Wildman–Crippen LogP) is 2.35. The lowest BCUT2D eigenvalue weighted by atomic mass is 9.84. The predicted molar refractivity (Wildman–Crippen MR) is 128 cm³/mol. The summed E-state index contributed by atoms with van der Waals surface area (Å²) < 4.78 is 0. The van der Waals surface area contributed by atoms with Crippen molar-refractivity contribution in [3.63, 3.8) is 0 Å². The van der Waals surface area contributed by atoms with Crippen molar-refractivity contribution in [1.82, 2.24) is 20.3 Å². The molecule has 1 saturated heterocycles. The molecule has 2 fully saturated rings. The number of carbonyl (C=O) groups is 3. The van der Waals surface area contributed by atoms with E-state index in [2.05, 4.69) is 10.3 Å². The number of carboxylic acids is 1. The van der Waals surface area contributed by atoms with Gasteiger partial charge < -0.3 is 21.0 Å². The number of benzene rings is 1. The van der Waals surface area contributed by atoms with Crippen molar-refractivity contribution in [2.24, 2.45) is 5.92 Å². The highest BCUT2D eigenvalue weighted by molar-refractivity contribution is 5.91. The molecule has 0 radical (unpaired) electrons. The third-order valence-electron chi connectivity index (χ3n) is 7.10. The Kier molecular flexibility index (Phi) is 7.74. The summed E-state index contributed by atoms with van der Waals surface area (Å²) in [5.41, 5.74) is 6.89. The quantitative estimate of drug-likeness (QED) is 0.479. The number of nitrogens with one attached hydrogen (secondary N) is 1. The number of carboxylic acid groups (broad SMARTS) is 1. The molecule has 9 nitrogen and oxygen atoms in total. The van der Waals surface area contributed by atoms with Crippen LogP contribution in [0.25, 0.3) is 10.8 Å². The maximum absolute atomic E-state index is 13.2. The highest BCUT2D eigenvalue weighted by Crippen LogP contribution is 2.31. The van der Waals surface area contributed by atoms with E-state index in [1.165, 1.54) is 0 Å². The lowest BCUT2D eigenvalue weighted by molar-refractivity contribution is -0.158. The molecule has 2 aromatic rings. The number of amides is 1. The van der Waals surface area contributed by atoms with E-state index in [1.54, 1.807) is 11.2 Å². The van der Waals surface area contributed by atoms with Crippen LogP contribution in [-0.2, 0) is 20.9 Å². The lowest BCUT2D eigenvalue weighted by Crippen LogP contribution is -2.58. The van der Waals surface area contributed by atoms with Crippen LogP contribution in [0.1, 0.15) is 50.5 Å². The van der Waals surface area contributed by atoms with Crippen LogP contribution >= 0.6 is 0 Å². The van der Waals surface area contributed by atoms with E-state index in [0.29, 0.717) is 25.3 Å². The molecule has 4 N–H and O–H groups in total. The number of nitrogens with zero attached hydrogens (tertiary/aromatic N) is 3. The van der Waals surface area contributed by atoms with Gasteiger partial charge in [0.25, 0.3) is 0 Å². The van der Waals surface area contributed by atoms with Crippen molar-refractivity contribution in [2.75, 3.05) is 18.8 Å². The first-order valence-corrected chi connectivity index (χ1v) is 12.1. The number of pyridine rings is 1. The van der Waals surface area contributed by atoms with Gasteiger partial charge >= 0.3 is 5.97 Å². The third-order valence-corrected chi connectivity index (χ3v) is 7.10. The fourth-order valence-electron chi connectivity index (χ4n) is 5.39. The minimum absolute atomic E-state index is 0.117. The Labute approximate surface area is 199 Å². The summed E-state index contributed by atoms with van der Waals surface area (Å²) in [6.07, 6.45) is 8.98. The van der Waals surface area contributed by atoms with Crippen LogP contribution < -0.4 is 11.1 Å². The molecule has 1 aliphatic heterocycles. The molecule has 2 aliphatic rings. The summed E-state index contributed by atoms with van der Waals surface area (Å²) in [6.45, 7) is 0.591. The molecule has 9 heteroatoms. The average molecular weight is 468 g/mol. The van der Waals surface area contributed by atoms with Gasteiger partial charge in [0, 0.05) is 24.7 Å². The highest BCUT2D eigenvalue weighted by Gasteiger charge is 2.40.